The van der Waals surface area contributed by atoms with Crippen molar-refractivity contribution < 1.29 is 4.79 Å². The van der Waals surface area contributed by atoms with Gasteiger partial charge >= 0.3 is 0 Å². The van der Waals surface area contributed by atoms with E-state index in [2.05, 4.69) is 32.9 Å². The largest absolute Gasteiger partial charge is 0.295 e. The highest BCUT2D eigenvalue weighted by Gasteiger charge is 2.07. The van der Waals surface area contributed by atoms with Crippen LogP contribution in [-0.2, 0) is 4.79 Å². The average Bonchev–Trinajstić information content (AvgIpc) is 2.46. The van der Waals surface area contributed by atoms with Crippen molar-refractivity contribution in [3.05, 3.63) is 53.1 Å². The molecule has 1 aromatic rings. The molecule has 0 amide bonds. The summed E-state index contributed by atoms with van der Waals surface area (Å²) in [6, 6.07) is 9.42. The van der Waals surface area contributed by atoms with E-state index in [-0.39, 0.29) is 5.78 Å². The maximum absolute atomic E-state index is 12.1. The first-order chi connectivity index (χ1) is 10.4. The molecule has 116 valence electrons. The van der Waals surface area contributed by atoms with E-state index in [1.807, 2.05) is 19.1 Å². The summed E-state index contributed by atoms with van der Waals surface area (Å²) in [4.78, 5) is 12.1. The van der Waals surface area contributed by atoms with Crippen LogP contribution in [0.1, 0.15) is 58.1 Å². The lowest BCUT2D eigenvalue weighted by atomic mass is 9.96. The molecule has 0 bridgehead atoms. The Bertz CT molecular complexity index is 596. The normalized spacial score (nSPS) is 12.4. The fourth-order valence-electron chi connectivity index (χ4n) is 2.29. The Morgan fingerprint density at radius 3 is 2.41 bits per heavy atom. The Hall–Kier alpha value is -2.14. The molecule has 0 aromatic heterocycles. The van der Waals surface area contributed by atoms with Crippen LogP contribution in [0, 0.1) is 17.2 Å². The predicted octanol–water partition coefficient (Wildman–Crippen LogP) is 5.30. The monoisotopic (exact) mass is 295 g/mol. The third kappa shape index (κ3) is 6.54. The number of hydrogen-bond donors (Lipinski definition) is 0. The number of nitrogens with zero attached hydrogens (tertiary/aromatic N) is 1. The summed E-state index contributed by atoms with van der Waals surface area (Å²) >= 11 is 0. The van der Waals surface area contributed by atoms with Gasteiger partial charge in [-0.25, -0.2) is 0 Å². The number of carbonyl (C=O) groups is 1. The van der Waals surface area contributed by atoms with E-state index in [9.17, 15) is 4.79 Å². The van der Waals surface area contributed by atoms with E-state index in [0.717, 1.165) is 24.0 Å². The molecule has 1 unspecified atom stereocenters. The van der Waals surface area contributed by atoms with E-state index in [0.29, 0.717) is 17.9 Å². The number of rotatable bonds is 7. The van der Waals surface area contributed by atoms with Gasteiger partial charge in [0.1, 0.15) is 0 Å². The lowest BCUT2D eigenvalue weighted by molar-refractivity contribution is -0.115. The standard InChI is InChI=1S/C20H25NO/c1-15(2)6-5-7-16(3)12-20(22)13-17(4)19-10-8-18(14-21)9-11-19/h6,8-11,13,16H,5,7,12H2,1-4H3/b17-13+. The van der Waals surface area contributed by atoms with Gasteiger partial charge in [0.15, 0.2) is 5.78 Å². The number of carbonyl (C=O) groups excluding carboxylic acids is 1. The van der Waals surface area contributed by atoms with Gasteiger partial charge in [0, 0.05) is 6.42 Å². The van der Waals surface area contributed by atoms with Crippen molar-refractivity contribution >= 4 is 11.4 Å². The van der Waals surface area contributed by atoms with Crippen molar-refractivity contribution in [2.24, 2.45) is 5.92 Å². The van der Waals surface area contributed by atoms with E-state index in [1.165, 1.54) is 5.57 Å². The molecule has 0 radical (unpaired) electrons. The Morgan fingerprint density at radius 2 is 1.86 bits per heavy atom. The van der Waals surface area contributed by atoms with Gasteiger partial charge < -0.3 is 0 Å². The second-order valence-electron chi connectivity index (χ2n) is 6.15. The van der Waals surface area contributed by atoms with Crippen molar-refractivity contribution in [3.63, 3.8) is 0 Å². The van der Waals surface area contributed by atoms with Crippen LogP contribution in [0.15, 0.2) is 42.0 Å². The summed E-state index contributed by atoms with van der Waals surface area (Å²) in [6.45, 7) is 8.26. The van der Waals surface area contributed by atoms with Crippen LogP contribution in [0.4, 0.5) is 0 Å². The molecule has 22 heavy (non-hydrogen) atoms. The zero-order valence-corrected chi connectivity index (χ0v) is 14.0. The lowest BCUT2D eigenvalue weighted by Gasteiger charge is -2.08. The molecule has 2 nitrogen and oxygen atoms in total. The molecular formula is C20H25NO. The van der Waals surface area contributed by atoms with Gasteiger partial charge in [-0.15, -0.1) is 0 Å². The molecule has 0 heterocycles. The molecule has 2 heteroatoms. The van der Waals surface area contributed by atoms with Crippen molar-refractivity contribution in [2.75, 3.05) is 0 Å². The van der Waals surface area contributed by atoms with Gasteiger partial charge in [-0.3, -0.25) is 4.79 Å². The fraction of sp³-hybridized carbons (Fsp3) is 0.400. The van der Waals surface area contributed by atoms with Crippen LogP contribution in [0.25, 0.3) is 5.57 Å². The Morgan fingerprint density at radius 1 is 1.23 bits per heavy atom. The van der Waals surface area contributed by atoms with Gasteiger partial charge in [0.2, 0.25) is 0 Å². The summed E-state index contributed by atoms with van der Waals surface area (Å²) in [7, 11) is 0. The minimum atomic E-state index is 0.173. The van der Waals surface area contributed by atoms with Crippen molar-refractivity contribution in [3.8, 4) is 6.07 Å². The van der Waals surface area contributed by atoms with Crippen LogP contribution in [0.3, 0.4) is 0 Å². The maximum Gasteiger partial charge on any atom is 0.156 e. The molecule has 0 aliphatic rings. The number of hydrogen-bond acceptors (Lipinski definition) is 2. The van der Waals surface area contributed by atoms with Crippen LogP contribution in [0.2, 0.25) is 0 Å². The minimum absolute atomic E-state index is 0.173. The first-order valence-corrected chi connectivity index (χ1v) is 7.77. The number of nitriles is 1. The van der Waals surface area contributed by atoms with Crippen LogP contribution >= 0.6 is 0 Å². The Labute approximate surface area is 134 Å². The zero-order chi connectivity index (χ0) is 16.5. The molecule has 0 spiro atoms. The highest BCUT2D eigenvalue weighted by atomic mass is 16.1. The van der Waals surface area contributed by atoms with Gasteiger partial charge in [0.05, 0.1) is 11.6 Å². The molecule has 0 aliphatic carbocycles. The van der Waals surface area contributed by atoms with Gasteiger partial charge in [-0.05, 0) is 68.9 Å². The van der Waals surface area contributed by atoms with E-state index >= 15 is 0 Å². The quantitative estimate of drug-likeness (QED) is 0.505. The third-order valence-corrected chi connectivity index (χ3v) is 3.61. The smallest absolute Gasteiger partial charge is 0.156 e. The molecular weight excluding hydrogens is 270 g/mol. The topological polar surface area (TPSA) is 40.9 Å². The van der Waals surface area contributed by atoms with Gasteiger partial charge in [0.25, 0.3) is 0 Å². The number of ketones is 1. The van der Waals surface area contributed by atoms with Gasteiger partial charge in [-0.1, -0.05) is 30.7 Å². The highest BCUT2D eigenvalue weighted by molar-refractivity contribution is 5.96. The average molecular weight is 295 g/mol. The summed E-state index contributed by atoms with van der Waals surface area (Å²) in [5, 5.41) is 8.79. The third-order valence-electron chi connectivity index (χ3n) is 3.61. The number of allylic oxidation sites excluding steroid dienone is 4. The SMILES string of the molecule is CC(C)=CCCC(C)CC(=O)/C=C(\C)c1ccc(C#N)cc1. The highest BCUT2D eigenvalue weighted by Crippen LogP contribution is 2.17. The second-order valence-corrected chi connectivity index (χ2v) is 6.15. The van der Waals surface area contributed by atoms with Crippen LogP contribution in [-0.4, -0.2) is 5.78 Å². The van der Waals surface area contributed by atoms with Crippen molar-refractivity contribution in [1.82, 2.24) is 0 Å². The summed E-state index contributed by atoms with van der Waals surface area (Å²) in [6.07, 6.45) is 6.61. The van der Waals surface area contributed by atoms with Crippen molar-refractivity contribution in [2.45, 2.75) is 47.0 Å². The van der Waals surface area contributed by atoms with E-state index < -0.39 is 0 Å². The maximum atomic E-state index is 12.1. The lowest BCUT2D eigenvalue weighted by Crippen LogP contribution is -2.03. The summed E-state index contributed by atoms with van der Waals surface area (Å²) in [5.41, 5.74) is 3.90. The molecule has 0 fully saturated rings. The molecule has 0 saturated carbocycles. The Balaban J connectivity index is 2.57. The van der Waals surface area contributed by atoms with Crippen molar-refractivity contribution in [1.29, 1.82) is 5.26 Å². The Kier molecular flexibility index (Phi) is 7.32. The first kappa shape index (κ1) is 17.9. The second kappa shape index (κ2) is 9.00. The molecule has 0 saturated heterocycles. The molecule has 1 aromatic carbocycles. The predicted molar refractivity (Wildman–Crippen MR) is 92.3 cm³/mol. The number of benzene rings is 1. The molecule has 1 rings (SSSR count). The fourth-order valence-corrected chi connectivity index (χ4v) is 2.29. The minimum Gasteiger partial charge on any atom is -0.295 e. The van der Waals surface area contributed by atoms with Gasteiger partial charge in [-0.2, -0.15) is 5.26 Å². The van der Waals surface area contributed by atoms with Crippen LogP contribution in [0.5, 0.6) is 0 Å². The molecule has 0 aliphatic heterocycles. The first-order valence-electron chi connectivity index (χ1n) is 7.77. The van der Waals surface area contributed by atoms with E-state index in [4.69, 9.17) is 5.26 Å². The van der Waals surface area contributed by atoms with Crippen LogP contribution < -0.4 is 0 Å². The zero-order valence-electron chi connectivity index (χ0n) is 14.0. The summed E-state index contributed by atoms with van der Waals surface area (Å²) < 4.78 is 0. The molecule has 1 atom stereocenters. The summed E-state index contributed by atoms with van der Waals surface area (Å²) in [5.74, 6) is 0.569. The van der Waals surface area contributed by atoms with E-state index in [1.54, 1.807) is 18.2 Å². The molecule has 0 N–H and O–H groups in total.